The van der Waals surface area contributed by atoms with Gasteiger partial charge in [0.15, 0.2) is 5.43 Å². The smallest absolute Gasteiger partial charge is 0.341 e. The number of nitrogens with zero attached hydrogens (tertiary/aromatic N) is 1. The lowest BCUT2D eigenvalue weighted by molar-refractivity contribution is 0.0694. The van der Waals surface area contributed by atoms with E-state index in [1.54, 1.807) is 11.5 Å². The van der Waals surface area contributed by atoms with Crippen LogP contribution in [0.1, 0.15) is 48.8 Å². The van der Waals surface area contributed by atoms with Gasteiger partial charge in [-0.3, -0.25) is 4.79 Å². The van der Waals surface area contributed by atoms with E-state index in [4.69, 9.17) is 5.11 Å². The first-order valence-electron chi connectivity index (χ1n) is 6.76. The summed E-state index contributed by atoms with van der Waals surface area (Å²) in [6.45, 7) is 6.06. The Balaban J connectivity index is 2.86. The molecule has 0 radical (unpaired) electrons. The van der Waals surface area contributed by atoms with E-state index in [0.717, 1.165) is 5.57 Å². The standard InChI is InChI=1S/C15H18FNO3/c1-4-9-8(3)12(16)6-10-13(9)17(5-2)7-11(14(10)18)15(19)20/h7,12H,4-6H2,1-3H3,(H,19,20). The lowest BCUT2D eigenvalue weighted by Gasteiger charge is -2.27. The number of carbonyl (C=O) groups is 1. The van der Waals surface area contributed by atoms with Crippen LogP contribution in [0.25, 0.3) is 5.57 Å². The van der Waals surface area contributed by atoms with Crippen LogP contribution in [-0.2, 0) is 13.0 Å². The highest BCUT2D eigenvalue weighted by atomic mass is 19.1. The Morgan fingerprint density at radius 2 is 2.15 bits per heavy atom. The van der Waals surface area contributed by atoms with Crippen molar-refractivity contribution in [1.82, 2.24) is 4.57 Å². The number of halogens is 1. The van der Waals surface area contributed by atoms with E-state index in [-0.39, 0.29) is 12.0 Å². The molecule has 1 aromatic rings. The number of hydrogen-bond acceptors (Lipinski definition) is 2. The van der Waals surface area contributed by atoms with Gasteiger partial charge in [-0.15, -0.1) is 0 Å². The molecule has 0 amide bonds. The Labute approximate surface area is 116 Å². The first kappa shape index (κ1) is 14.5. The third kappa shape index (κ3) is 2.07. The zero-order valence-corrected chi connectivity index (χ0v) is 11.9. The number of hydrogen-bond donors (Lipinski definition) is 1. The van der Waals surface area contributed by atoms with Gasteiger partial charge in [-0.05, 0) is 31.4 Å². The van der Waals surface area contributed by atoms with E-state index in [2.05, 4.69) is 0 Å². The summed E-state index contributed by atoms with van der Waals surface area (Å²) in [6.07, 6.45) is 0.736. The molecule has 0 bridgehead atoms. The number of alkyl halides is 1. The van der Waals surface area contributed by atoms with E-state index in [1.807, 2.05) is 13.8 Å². The van der Waals surface area contributed by atoms with Crippen molar-refractivity contribution in [3.05, 3.63) is 38.8 Å². The van der Waals surface area contributed by atoms with Crippen LogP contribution >= 0.6 is 0 Å². The minimum Gasteiger partial charge on any atom is -0.477 e. The molecule has 20 heavy (non-hydrogen) atoms. The fourth-order valence-corrected chi connectivity index (χ4v) is 2.82. The van der Waals surface area contributed by atoms with Gasteiger partial charge >= 0.3 is 5.97 Å². The van der Waals surface area contributed by atoms with Crippen molar-refractivity contribution in [3.8, 4) is 0 Å². The highest BCUT2D eigenvalue weighted by Crippen LogP contribution is 2.33. The van der Waals surface area contributed by atoms with E-state index in [1.165, 1.54) is 6.20 Å². The van der Waals surface area contributed by atoms with Gasteiger partial charge < -0.3 is 9.67 Å². The highest BCUT2D eigenvalue weighted by Gasteiger charge is 2.29. The van der Waals surface area contributed by atoms with Crippen molar-refractivity contribution in [3.63, 3.8) is 0 Å². The minimum atomic E-state index is -1.26. The number of aryl methyl sites for hydroxylation is 1. The van der Waals surface area contributed by atoms with Crippen LogP contribution in [0, 0.1) is 0 Å². The second-order valence-electron chi connectivity index (χ2n) is 4.98. The Bertz CT molecular complexity index is 658. The monoisotopic (exact) mass is 279 g/mol. The maximum absolute atomic E-state index is 14.1. The van der Waals surface area contributed by atoms with Crippen LogP contribution < -0.4 is 5.43 Å². The molecule has 5 heteroatoms. The second-order valence-corrected chi connectivity index (χ2v) is 4.98. The molecule has 2 rings (SSSR count). The average molecular weight is 279 g/mol. The molecular formula is C15H18FNO3. The topological polar surface area (TPSA) is 59.3 Å². The quantitative estimate of drug-likeness (QED) is 0.925. The molecule has 0 fully saturated rings. The summed E-state index contributed by atoms with van der Waals surface area (Å²) in [5.74, 6) is -1.26. The lowest BCUT2D eigenvalue weighted by Crippen LogP contribution is -2.30. The largest absolute Gasteiger partial charge is 0.477 e. The summed E-state index contributed by atoms with van der Waals surface area (Å²) < 4.78 is 15.8. The van der Waals surface area contributed by atoms with Crippen LogP contribution in [0.2, 0.25) is 0 Å². The summed E-state index contributed by atoms with van der Waals surface area (Å²) >= 11 is 0. The zero-order chi connectivity index (χ0) is 15.0. The molecule has 1 atom stereocenters. The van der Waals surface area contributed by atoms with Crippen molar-refractivity contribution in [1.29, 1.82) is 0 Å². The number of rotatable bonds is 3. The van der Waals surface area contributed by atoms with Gasteiger partial charge in [0.1, 0.15) is 11.7 Å². The van der Waals surface area contributed by atoms with Crippen molar-refractivity contribution >= 4 is 11.5 Å². The number of pyridine rings is 1. The summed E-state index contributed by atoms with van der Waals surface area (Å²) in [5, 5.41) is 9.11. The maximum Gasteiger partial charge on any atom is 0.341 e. The molecular weight excluding hydrogens is 261 g/mol. The number of aromatic nitrogens is 1. The normalized spacial score (nSPS) is 18.1. The maximum atomic E-state index is 14.1. The molecule has 0 spiro atoms. The van der Waals surface area contributed by atoms with Gasteiger partial charge in [0.05, 0.1) is 5.69 Å². The lowest BCUT2D eigenvalue weighted by atomic mass is 9.86. The summed E-state index contributed by atoms with van der Waals surface area (Å²) in [7, 11) is 0. The Morgan fingerprint density at radius 1 is 1.50 bits per heavy atom. The van der Waals surface area contributed by atoms with Gasteiger partial charge in [0.25, 0.3) is 0 Å². The molecule has 1 unspecified atom stereocenters. The Kier molecular flexibility index (Phi) is 3.79. The fourth-order valence-electron chi connectivity index (χ4n) is 2.82. The summed E-state index contributed by atoms with van der Waals surface area (Å²) in [6, 6.07) is 0. The Morgan fingerprint density at radius 3 is 2.65 bits per heavy atom. The third-order valence-corrected chi connectivity index (χ3v) is 3.92. The van der Waals surface area contributed by atoms with Gasteiger partial charge in [-0.25, -0.2) is 9.18 Å². The fraction of sp³-hybridized carbons (Fsp3) is 0.467. The number of fused-ring (bicyclic) bond motifs is 1. The van der Waals surface area contributed by atoms with E-state index in [9.17, 15) is 14.0 Å². The molecule has 4 nitrogen and oxygen atoms in total. The molecule has 1 N–H and O–H groups in total. The van der Waals surface area contributed by atoms with Gasteiger partial charge in [-0.1, -0.05) is 6.92 Å². The summed E-state index contributed by atoms with van der Waals surface area (Å²) in [4.78, 5) is 23.4. The molecule has 1 aliphatic rings. The van der Waals surface area contributed by atoms with Gasteiger partial charge in [-0.2, -0.15) is 0 Å². The van der Waals surface area contributed by atoms with Gasteiger partial charge in [0.2, 0.25) is 0 Å². The number of allylic oxidation sites excluding steroid dienone is 2. The van der Waals surface area contributed by atoms with Gasteiger partial charge in [0, 0.05) is 24.7 Å². The molecule has 1 heterocycles. The van der Waals surface area contributed by atoms with Crippen molar-refractivity contribution in [2.24, 2.45) is 0 Å². The predicted octanol–water partition coefficient (Wildman–Crippen LogP) is 2.64. The Hall–Kier alpha value is -1.91. The molecule has 0 saturated heterocycles. The molecule has 0 aromatic carbocycles. The minimum absolute atomic E-state index is 0.0371. The van der Waals surface area contributed by atoms with Crippen molar-refractivity contribution < 1.29 is 14.3 Å². The van der Waals surface area contributed by atoms with E-state index < -0.39 is 17.6 Å². The number of carboxylic acid groups (broad SMARTS) is 1. The van der Waals surface area contributed by atoms with Crippen LogP contribution in [0.15, 0.2) is 16.6 Å². The highest BCUT2D eigenvalue weighted by molar-refractivity contribution is 5.88. The van der Waals surface area contributed by atoms with Crippen LogP contribution in [-0.4, -0.2) is 21.8 Å². The molecule has 0 saturated carbocycles. The van der Waals surface area contributed by atoms with Crippen LogP contribution in [0.3, 0.4) is 0 Å². The first-order chi connectivity index (χ1) is 9.42. The molecule has 0 aliphatic heterocycles. The van der Waals surface area contributed by atoms with Crippen molar-refractivity contribution in [2.45, 2.75) is 46.3 Å². The molecule has 108 valence electrons. The second kappa shape index (κ2) is 5.23. The third-order valence-electron chi connectivity index (χ3n) is 3.92. The van der Waals surface area contributed by atoms with Crippen LogP contribution in [0.4, 0.5) is 4.39 Å². The number of aromatic carboxylic acids is 1. The zero-order valence-electron chi connectivity index (χ0n) is 11.9. The predicted molar refractivity (Wildman–Crippen MR) is 74.8 cm³/mol. The first-order valence-corrected chi connectivity index (χ1v) is 6.76. The van der Waals surface area contributed by atoms with E-state index in [0.29, 0.717) is 29.8 Å². The van der Waals surface area contributed by atoms with Crippen LogP contribution in [0.5, 0.6) is 0 Å². The summed E-state index contributed by atoms with van der Waals surface area (Å²) in [5.41, 5.74) is 1.61. The molecule has 1 aromatic heterocycles. The molecule has 1 aliphatic carbocycles. The van der Waals surface area contributed by atoms with E-state index >= 15 is 0 Å². The van der Waals surface area contributed by atoms with Crippen molar-refractivity contribution in [2.75, 3.05) is 0 Å². The average Bonchev–Trinajstić information content (AvgIpc) is 2.41. The SMILES string of the molecule is CCC1=C(C)C(F)Cc2c1n(CC)cc(C(=O)O)c2=O. The number of carboxylic acids is 1.